The molecule has 0 fully saturated rings. The standard InChI is InChI=1S/C28H33NO9S2/c1-18(2)8-7-15-36-23-14-11-20(16-24(23)38-40(6,32)33)26-25(34-3)17-22(28(35-4)27(26)29)19-9-12-21(13-10-19)37-39(5,30)31/h8-14,16-17H,7,15,29H2,1-6H3. The zero-order valence-electron chi connectivity index (χ0n) is 23.2. The fourth-order valence-electron chi connectivity index (χ4n) is 3.95. The Labute approximate surface area is 235 Å². The molecule has 216 valence electrons. The molecule has 0 atom stereocenters. The Morgan fingerprint density at radius 1 is 0.800 bits per heavy atom. The van der Waals surface area contributed by atoms with Gasteiger partial charge in [-0.1, -0.05) is 29.8 Å². The Hall–Kier alpha value is -3.90. The Morgan fingerprint density at radius 2 is 1.43 bits per heavy atom. The van der Waals surface area contributed by atoms with E-state index in [4.69, 9.17) is 28.3 Å². The SMILES string of the molecule is COc1cc(-c2ccc(OS(C)(=O)=O)cc2)c(OC)c(N)c1-c1ccc(OCCC=C(C)C)c(OS(C)(=O)=O)c1. The first kappa shape index (κ1) is 30.6. The van der Waals surface area contributed by atoms with Gasteiger partial charge in [0.1, 0.15) is 17.2 Å². The zero-order chi connectivity index (χ0) is 29.7. The smallest absolute Gasteiger partial charge is 0.306 e. The molecule has 0 radical (unpaired) electrons. The number of ether oxygens (including phenoxy) is 3. The number of rotatable bonds is 12. The van der Waals surface area contributed by atoms with E-state index in [1.165, 1.54) is 32.4 Å². The van der Waals surface area contributed by atoms with E-state index in [-0.39, 0.29) is 22.9 Å². The van der Waals surface area contributed by atoms with Gasteiger partial charge in [0.2, 0.25) is 0 Å². The average molecular weight is 592 g/mol. The van der Waals surface area contributed by atoms with E-state index in [0.29, 0.717) is 46.8 Å². The number of anilines is 1. The normalized spacial score (nSPS) is 11.4. The van der Waals surface area contributed by atoms with Gasteiger partial charge in [0, 0.05) is 5.56 Å². The third kappa shape index (κ3) is 8.06. The summed E-state index contributed by atoms with van der Waals surface area (Å²) in [6.07, 6.45) is 4.57. The van der Waals surface area contributed by atoms with Crippen molar-refractivity contribution < 1.29 is 39.4 Å². The van der Waals surface area contributed by atoms with Crippen LogP contribution in [0.5, 0.6) is 28.7 Å². The second-order valence-corrected chi connectivity index (χ2v) is 12.3. The fraction of sp³-hybridized carbons (Fsp3) is 0.286. The minimum atomic E-state index is -3.87. The maximum absolute atomic E-state index is 12.0. The summed E-state index contributed by atoms with van der Waals surface area (Å²) in [5.41, 5.74) is 10.2. The van der Waals surface area contributed by atoms with Crippen molar-refractivity contribution in [3.8, 4) is 51.0 Å². The molecule has 0 saturated carbocycles. The molecule has 0 bridgehead atoms. The van der Waals surface area contributed by atoms with E-state index in [9.17, 15) is 16.8 Å². The van der Waals surface area contributed by atoms with E-state index in [2.05, 4.69) is 0 Å². The van der Waals surface area contributed by atoms with E-state index >= 15 is 0 Å². The summed E-state index contributed by atoms with van der Waals surface area (Å²) in [4.78, 5) is 0. The molecule has 2 N–H and O–H groups in total. The van der Waals surface area contributed by atoms with Crippen LogP contribution in [0.2, 0.25) is 0 Å². The van der Waals surface area contributed by atoms with E-state index in [1.807, 2.05) is 19.9 Å². The van der Waals surface area contributed by atoms with E-state index in [0.717, 1.165) is 18.1 Å². The molecule has 40 heavy (non-hydrogen) atoms. The predicted molar refractivity (Wildman–Crippen MR) is 155 cm³/mol. The fourth-order valence-corrected chi connectivity index (χ4v) is 4.86. The van der Waals surface area contributed by atoms with Crippen LogP contribution >= 0.6 is 0 Å². The largest absolute Gasteiger partial charge is 0.496 e. The van der Waals surface area contributed by atoms with Crippen LogP contribution in [0.15, 0.2) is 60.2 Å². The van der Waals surface area contributed by atoms with Crippen LogP contribution in [0.25, 0.3) is 22.3 Å². The molecule has 0 spiro atoms. The Morgan fingerprint density at radius 3 is 1.98 bits per heavy atom. The van der Waals surface area contributed by atoms with Gasteiger partial charge in [-0.25, -0.2) is 0 Å². The summed E-state index contributed by atoms with van der Waals surface area (Å²) >= 11 is 0. The van der Waals surface area contributed by atoms with Gasteiger partial charge in [-0.2, -0.15) is 16.8 Å². The molecule has 10 nitrogen and oxygen atoms in total. The van der Waals surface area contributed by atoms with Gasteiger partial charge in [0.05, 0.1) is 44.6 Å². The van der Waals surface area contributed by atoms with E-state index < -0.39 is 20.2 Å². The molecule has 0 unspecified atom stereocenters. The Kier molecular flexibility index (Phi) is 9.59. The number of nitrogens with two attached hydrogens (primary N) is 1. The van der Waals surface area contributed by atoms with Crippen molar-refractivity contribution in [2.75, 3.05) is 39.1 Å². The molecule has 0 aliphatic rings. The molecule has 12 heteroatoms. The lowest BCUT2D eigenvalue weighted by molar-refractivity contribution is 0.314. The molecule has 0 amide bonds. The molecular formula is C28H33NO9S2. The van der Waals surface area contributed by atoms with Crippen LogP contribution in [0.1, 0.15) is 20.3 Å². The van der Waals surface area contributed by atoms with Gasteiger partial charge in [0.15, 0.2) is 11.5 Å². The van der Waals surface area contributed by atoms with Gasteiger partial charge in [-0.05, 0) is 61.7 Å². The number of nitrogen functional groups attached to an aromatic ring is 1. The molecule has 3 rings (SSSR count). The third-order valence-corrected chi connectivity index (χ3v) is 6.50. The summed E-state index contributed by atoms with van der Waals surface area (Å²) in [7, 11) is -4.59. The molecule has 0 aromatic heterocycles. The van der Waals surface area contributed by atoms with Crippen LogP contribution in [0.4, 0.5) is 5.69 Å². The zero-order valence-corrected chi connectivity index (χ0v) is 24.8. The summed E-state index contributed by atoms with van der Waals surface area (Å²) in [6, 6.07) is 12.9. The Bertz CT molecular complexity index is 1610. The maximum atomic E-state index is 12.0. The van der Waals surface area contributed by atoms with Crippen molar-refractivity contribution >= 4 is 25.9 Å². The summed E-state index contributed by atoms with van der Waals surface area (Å²) in [5.74, 6) is 1.13. The van der Waals surface area contributed by atoms with Crippen LogP contribution in [-0.2, 0) is 20.2 Å². The van der Waals surface area contributed by atoms with E-state index in [1.54, 1.807) is 30.3 Å². The van der Waals surface area contributed by atoms with Crippen molar-refractivity contribution in [1.82, 2.24) is 0 Å². The molecule has 0 saturated heterocycles. The lowest BCUT2D eigenvalue weighted by atomic mass is 9.95. The highest BCUT2D eigenvalue weighted by Crippen LogP contribution is 2.48. The number of allylic oxidation sites excluding steroid dienone is 1. The van der Waals surface area contributed by atoms with Crippen molar-refractivity contribution in [3.63, 3.8) is 0 Å². The lowest BCUT2D eigenvalue weighted by Gasteiger charge is -2.20. The topological polar surface area (TPSA) is 140 Å². The predicted octanol–water partition coefficient (Wildman–Crippen LogP) is 5.03. The number of benzene rings is 3. The van der Waals surface area contributed by atoms with Gasteiger partial charge in [-0.3, -0.25) is 0 Å². The number of hydrogen-bond donors (Lipinski definition) is 1. The first-order valence-corrected chi connectivity index (χ1v) is 15.7. The third-order valence-electron chi connectivity index (χ3n) is 5.52. The Balaban J connectivity index is 2.10. The van der Waals surface area contributed by atoms with Crippen molar-refractivity contribution in [2.24, 2.45) is 0 Å². The first-order valence-electron chi connectivity index (χ1n) is 12.1. The molecular weight excluding hydrogens is 558 g/mol. The van der Waals surface area contributed by atoms with Crippen molar-refractivity contribution in [2.45, 2.75) is 20.3 Å². The summed E-state index contributed by atoms with van der Waals surface area (Å²) in [6.45, 7) is 4.28. The second-order valence-electron chi connectivity index (χ2n) is 9.13. The highest BCUT2D eigenvalue weighted by atomic mass is 32.2. The minimum Gasteiger partial charge on any atom is -0.496 e. The quantitative estimate of drug-likeness (QED) is 0.132. The monoisotopic (exact) mass is 591 g/mol. The lowest BCUT2D eigenvalue weighted by Crippen LogP contribution is -2.08. The van der Waals surface area contributed by atoms with Gasteiger partial charge >= 0.3 is 20.2 Å². The van der Waals surface area contributed by atoms with Crippen LogP contribution in [-0.4, -0.2) is 50.2 Å². The van der Waals surface area contributed by atoms with Crippen LogP contribution in [0, 0.1) is 0 Å². The minimum absolute atomic E-state index is 0.00293. The average Bonchev–Trinajstić information content (AvgIpc) is 2.85. The second kappa shape index (κ2) is 12.5. The summed E-state index contributed by atoms with van der Waals surface area (Å²) in [5, 5.41) is 0. The molecule has 0 aliphatic heterocycles. The molecule has 3 aromatic carbocycles. The van der Waals surface area contributed by atoms with Crippen molar-refractivity contribution in [1.29, 1.82) is 0 Å². The summed E-state index contributed by atoms with van der Waals surface area (Å²) < 4.78 is 74.2. The molecule has 3 aromatic rings. The van der Waals surface area contributed by atoms with Gasteiger partial charge < -0.3 is 28.3 Å². The highest BCUT2D eigenvalue weighted by molar-refractivity contribution is 7.86. The van der Waals surface area contributed by atoms with Crippen LogP contribution in [0.3, 0.4) is 0 Å². The molecule has 0 heterocycles. The van der Waals surface area contributed by atoms with Gasteiger partial charge in [-0.15, -0.1) is 0 Å². The maximum Gasteiger partial charge on any atom is 0.306 e. The molecule has 0 aliphatic carbocycles. The first-order chi connectivity index (χ1) is 18.7. The van der Waals surface area contributed by atoms with Crippen LogP contribution < -0.4 is 28.3 Å². The number of methoxy groups -OCH3 is 2. The van der Waals surface area contributed by atoms with Crippen molar-refractivity contribution in [3.05, 3.63) is 60.2 Å². The number of hydrogen-bond acceptors (Lipinski definition) is 10. The van der Waals surface area contributed by atoms with Gasteiger partial charge in [0.25, 0.3) is 0 Å². The highest BCUT2D eigenvalue weighted by Gasteiger charge is 2.22.